The molecule has 1 aromatic carbocycles. The Bertz CT molecular complexity index is 536. The van der Waals surface area contributed by atoms with Crippen LogP contribution in [0.15, 0.2) is 18.2 Å². The van der Waals surface area contributed by atoms with Gasteiger partial charge in [0.15, 0.2) is 0 Å². The minimum atomic E-state index is -1.50. The molecule has 0 fully saturated rings. The number of nitriles is 1. The van der Waals surface area contributed by atoms with Gasteiger partial charge in [0, 0.05) is 16.6 Å². The average molecular weight is 281 g/mol. The molecule has 2 atom stereocenters. The van der Waals surface area contributed by atoms with Crippen LogP contribution in [-0.4, -0.2) is 27.6 Å². The highest BCUT2D eigenvalue weighted by Crippen LogP contribution is 2.21. The average Bonchev–Trinajstić information content (AvgIpc) is 2.38. The van der Waals surface area contributed by atoms with E-state index >= 15 is 0 Å². The first-order valence-electron chi connectivity index (χ1n) is 5.70. The van der Waals surface area contributed by atoms with Gasteiger partial charge in [-0.2, -0.15) is 5.26 Å². The van der Waals surface area contributed by atoms with E-state index in [9.17, 15) is 9.00 Å². The second kappa shape index (κ2) is 6.90. The van der Waals surface area contributed by atoms with E-state index in [2.05, 4.69) is 0 Å². The Morgan fingerprint density at radius 1 is 1.58 bits per heavy atom. The third kappa shape index (κ3) is 3.80. The summed E-state index contributed by atoms with van der Waals surface area (Å²) in [7, 11) is -0.0483. The molecule has 0 spiro atoms. The van der Waals surface area contributed by atoms with Gasteiger partial charge < -0.3 is 9.84 Å². The fourth-order valence-corrected chi connectivity index (χ4v) is 2.96. The Balaban J connectivity index is 2.92. The number of carboxylic acid groups (broad SMARTS) is 1. The lowest BCUT2D eigenvalue weighted by molar-refractivity contribution is -0.136. The lowest BCUT2D eigenvalue weighted by Crippen LogP contribution is -2.25. The molecule has 1 rings (SSSR count). The van der Waals surface area contributed by atoms with Gasteiger partial charge in [-0.15, -0.1) is 0 Å². The van der Waals surface area contributed by atoms with E-state index in [0.29, 0.717) is 23.3 Å². The van der Waals surface area contributed by atoms with Crippen molar-refractivity contribution in [3.05, 3.63) is 29.3 Å². The van der Waals surface area contributed by atoms with Gasteiger partial charge in [-0.05, 0) is 24.1 Å². The molecule has 0 saturated heterocycles. The number of carbonyl (C=O) groups is 1. The number of aliphatic carboxylic acids is 1. The molecular formula is C13H15NO4S. The van der Waals surface area contributed by atoms with E-state index in [1.165, 1.54) is 7.11 Å². The lowest BCUT2D eigenvalue weighted by Gasteiger charge is -2.11. The number of methoxy groups -OCH3 is 1. The number of rotatable bonds is 6. The molecule has 0 amide bonds. The maximum absolute atomic E-state index is 12.0. The predicted molar refractivity (Wildman–Crippen MR) is 71.3 cm³/mol. The first-order valence-corrected chi connectivity index (χ1v) is 7.08. The molecular weight excluding hydrogens is 266 g/mol. The molecule has 6 heteroatoms. The zero-order valence-electron chi connectivity index (χ0n) is 10.8. The highest BCUT2D eigenvalue weighted by Gasteiger charge is 2.22. The molecule has 0 heterocycles. The largest absolute Gasteiger partial charge is 0.495 e. The van der Waals surface area contributed by atoms with Gasteiger partial charge in [0.05, 0.1) is 12.7 Å². The molecule has 5 nitrogen and oxygen atoms in total. The third-order valence-electron chi connectivity index (χ3n) is 2.66. The molecule has 1 N–H and O–H groups in total. The van der Waals surface area contributed by atoms with Crippen LogP contribution in [0.2, 0.25) is 0 Å². The molecule has 0 aliphatic carbocycles. The Hall–Kier alpha value is -1.87. The predicted octanol–water partition coefficient (Wildman–Crippen LogP) is 1.68. The minimum Gasteiger partial charge on any atom is -0.495 e. The van der Waals surface area contributed by atoms with Crippen molar-refractivity contribution in [3.63, 3.8) is 0 Å². The van der Waals surface area contributed by atoms with E-state index in [-0.39, 0.29) is 5.75 Å². The molecule has 0 aliphatic heterocycles. The van der Waals surface area contributed by atoms with Gasteiger partial charge in [-0.3, -0.25) is 9.00 Å². The number of carboxylic acids is 1. The van der Waals surface area contributed by atoms with Crippen LogP contribution in [0.25, 0.3) is 0 Å². The molecule has 1 aromatic rings. The van der Waals surface area contributed by atoms with Crippen molar-refractivity contribution in [1.29, 1.82) is 5.26 Å². The van der Waals surface area contributed by atoms with Crippen LogP contribution in [0.4, 0.5) is 0 Å². The summed E-state index contributed by atoms with van der Waals surface area (Å²) >= 11 is 0. The number of hydrogen-bond donors (Lipinski definition) is 1. The molecule has 0 aromatic heterocycles. The van der Waals surface area contributed by atoms with Gasteiger partial charge in [0.1, 0.15) is 17.1 Å². The molecule has 0 radical (unpaired) electrons. The summed E-state index contributed by atoms with van der Waals surface area (Å²) in [6, 6.07) is 6.84. The Morgan fingerprint density at radius 2 is 2.26 bits per heavy atom. The summed E-state index contributed by atoms with van der Waals surface area (Å²) < 4.78 is 17.0. The van der Waals surface area contributed by atoms with Crippen molar-refractivity contribution >= 4 is 16.8 Å². The molecule has 0 saturated carbocycles. The molecule has 19 heavy (non-hydrogen) atoms. The Morgan fingerprint density at radius 3 is 2.74 bits per heavy atom. The fraction of sp³-hybridized carbons (Fsp3) is 0.385. The van der Waals surface area contributed by atoms with E-state index < -0.39 is 22.0 Å². The summed E-state index contributed by atoms with van der Waals surface area (Å²) in [4.78, 5) is 10.9. The van der Waals surface area contributed by atoms with Gasteiger partial charge in [0.25, 0.3) is 0 Å². The van der Waals surface area contributed by atoms with Crippen molar-refractivity contribution in [3.8, 4) is 11.8 Å². The zero-order valence-corrected chi connectivity index (χ0v) is 11.6. The lowest BCUT2D eigenvalue weighted by atomic mass is 10.1. The SMILES string of the molecule is CCC(C(=O)O)S(=O)Cc1ccc(C#N)c(OC)c1. The van der Waals surface area contributed by atoms with E-state index in [4.69, 9.17) is 15.1 Å². The quantitative estimate of drug-likeness (QED) is 0.857. The van der Waals surface area contributed by atoms with Gasteiger partial charge in [-0.25, -0.2) is 0 Å². The monoisotopic (exact) mass is 281 g/mol. The summed E-state index contributed by atoms with van der Waals surface area (Å²) in [5.41, 5.74) is 1.08. The van der Waals surface area contributed by atoms with Crippen LogP contribution in [0.5, 0.6) is 5.75 Å². The first kappa shape index (κ1) is 15.2. The first-order chi connectivity index (χ1) is 9.03. The summed E-state index contributed by atoms with van der Waals surface area (Å²) in [5, 5.41) is 16.9. The molecule has 2 unspecified atom stereocenters. The van der Waals surface area contributed by atoms with E-state index in [1.807, 2.05) is 6.07 Å². The zero-order chi connectivity index (χ0) is 14.4. The van der Waals surface area contributed by atoms with Crippen molar-refractivity contribution in [2.75, 3.05) is 7.11 Å². The van der Waals surface area contributed by atoms with Crippen LogP contribution in [0.3, 0.4) is 0 Å². The number of ether oxygens (including phenoxy) is 1. The van der Waals surface area contributed by atoms with Gasteiger partial charge in [-0.1, -0.05) is 13.0 Å². The molecule has 0 bridgehead atoms. The highest BCUT2D eigenvalue weighted by molar-refractivity contribution is 7.85. The fourth-order valence-electron chi connectivity index (χ4n) is 1.66. The summed E-state index contributed by atoms with van der Waals surface area (Å²) in [6.07, 6.45) is 0.315. The van der Waals surface area contributed by atoms with Crippen LogP contribution in [0.1, 0.15) is 24.5 Å². The summed E-state index contributed by atoms with van der Waals surface area (Å²) in [6.45, 7) is 1.69. The van der Waals surface area contributed by atoms with Crippen LogP contribution >= 0.6 is 0 Å². The van der Waals surface area contributed by atoms with Crippen LogP contribution < -0.4 is 4.74 Å². The second-order valence-electron chi connectivity index (χ2n) is 3.91. The Kier molecular flexibility index (Phi) is 5.52. The smallest absolute Gasteiger partial charge is 0.319 e. The van der Waals surface area contributed by atoms with Crippen molar-refractivity contribution in [2.45, 2.75) is 24.3 Å². The maximum Gasteiger partial charge on any atom is 0.319 e. The standard InChI is InChI=1S/C13H15NO4S/c1-3-12(13(15)16)19(17)8-9-4-5-10(7-14)11(6-9)18-2/h4-6,12H,3,8H2,1-2H3,(H,15,16). The topological polar surface area (TPSA) is 87.4 Å². The van der Waals surface area contributed by atoms with Gasteiger partial charge >= 0.3 is 5.97 Å². The van der Waals surface area contributed by atoms with E-state index in [0.717, 1.165) is 0 Å². The van der Waals surface area contributed by atoms with Crippen molar-refractivity contribution in [2.24, 2.45) is 0 Å². The van der Waals surface area contributed by atoms with Crippen molar-refractivity contribution in [1.82, 2.24) is 0 Å². The number of hydrogen-bond acceptors (Lipinski definition) is 4. The Labute approximate surface area is 114 Å². The highest BCUT2D eigenvalue weighted by atomic mass is 32.2. The van der Waals surface area contributed by atoms with E-state index in [1.54, 1.807) is 25.1 Å². The summed E-state index contributed by atoms with van der Waals surface area (Å²) in [5.74, 6) is -0.519. The van der Waals surface area contributed by atoms with Crippen LogP contribution in [-0.2, 0) is 21.3 Å². The third-order valence-corrected chi connectivity index (χ3v) is 4.45. The van der Waals surface area contributed by atoms with Gasteiger partial charge in [0.2, 0.25) is 0 Å². The maximum atomic E-state index is 12.0. The molecule has 102 valence electrons. The normalized spacial score (nSPS) is 13.3. The molecule has 0 aliphatic rings. The minimum absolute atomic E-state index is 0.132. The van der Waals surface area contributed by atoms with Crippen molar-refractivity contribution < 1.29 is 18.8 Å². The number of benzene rings is 1. The second-order valence-corrected chi connectivity index (χ2v) is 5.53. The van der Waals surface area contributed by atoms with Crippen LogP contribution in [0, 0.1) is 11.3 Å². The number of nitrogens with zero attached hydrogens (tertiary/aromatic N) is 1.